The molecule has 3 heterocycles. The number of morpholine rings is 1. The molecule has 2 aliphatic rings. The van der Waals surface area contributed by atoms with Crippen molar-refractivity contribution in [2.45, 2.75) is 32.2 Å². The second-order valence-electron chi connectivity index (χ2n) is 6.73. The molecule has 2 aliphatic heterocycles. The summed E-state index contributed by atoms with van der Waals surface area (Å²) in [6.45, 7) is 6.70. The standard InChI is InChI=1S/C19H24N4O2/c1-2-23-12-16(10-20-23)19(24)22-13-17-18(14-22)25-9-8-21(17)11-15-6-4-3-5-7-15/h3-7,10,12,17-18H,2,8-9,11,13-14H2,1H3. The topological polar surface area (TPSA) is 50.6 Å². The first-order chi connectivity index (χ1) is 12.2. The van der Waals surface area contributed by atoms with E-state index in [4.69, 9.17) is 4.74 Å². The van der Waals surface area contributed by atoms with Gasteiger partial charge >= 0.3 is 0 Å². The number of aromatic nitrogens is 2. The Balaban J connectivity index is 1.46. The fourth-order valence-corrected chi connectivity index (χ4v) is 3.77. The summed E-state index contributed by atoms with van der Waals surface area (Å²) in [6, 6.07) is 10.8. The molecule has 1 aromatic heterocycles. The average Bonchev–Trinajstić information content (AvgIpc) is 3.29. The number of hydrogen-bond acceptors (Lipinski definition) is 4. The van der Waals surface area contributed by atoms with E-state index < -0.39 is 0 Å². The third kappa shape index (κ3) is 3.32. The summed E-state index contributed by atoms with van der Waals surface area (Å²) in [7, 11) is 0. The number of rotatable bonds is 4. The molecule has 2 fully saturated rings. The quantitative estimate of drug-likeness (QED) is 0.849. The first kappa shape index (κ1) is 16.3. The van der Waals surface area contributed by atoms with Gasteiger partial charge in [0.15, 0.2) is 0 Å². The van der Waals surface area contributed by atoms with Crippen molar-refractivity contribution in [3.05, 3.63) is 53.9 Å². The number of nitrogens with zero attached hydrogens (tertiary/aromatic N) is 4. The van der Waals surface area contributed by atoms with Crippen LogP contribution < -0.4 is 0 Å². The third-order valence-electron chi connectivity index (χ3n) is 5.14. The van der Waals surface area contributed by atoms with Crippen molar-refractivity contribution in [1.82, 2.24) is 19.6 Å². The van der Waals surface area contributed by atoms with Gasteiger partial charge in [0.1, 0.15) is 0 Å². The molecule has 0 spiro atoms. The van der Waals surface area contributed by atoms with E-state index in [9.17, 15) is 4.79 Å². The van der Waals surface area contributed by atoms with Gasteiger partial charge in [0.05, 0.1) is 30.5 Å². The maximum absolute atomic E-state index is 12.8. The smallest absolute Gasteiger partial charge is 0.257 e. The Morgan fingerprint density at radius 1 is 1.28 bits per heavy atom. The van der Waals surface area contributed by atoms with Crippen molar-refractivity contribution < 1.29 is 9.53 Å². The van der Waals surface area contributed by atoms with Gasteiger partial charge in [-0.2, -0.15) is 5.10 Å². The Morgan fingerprint density at radius 3 is 2.88 bits per heavy atom. The molecular weight excluding hydrogens is 316 g/mol. The summed E-state index contributed by atoms with van der Waals surface area (Å²) >= 11 is 0. The lowest BCUT2D eigenvalue weighted by Crippen LogP contribution is -2.50. The predicted molar refractivity (Wildman–Crippen MR) is 94.2 cm³/mol. The third-order valence-corrected chi connectivity index (χ3v) is 5.14. The highest BCUT2D eigenvalue weighted by molar-refractivity contribution is 5.94. The highest BCUT2D eigenvalue weighted by Gasteiger charge is 2.42. The fraction of sp³-hybridized carbons (Fsp3) is 0.474. The molecule has 0 saturated carbocycles. The van der Waals surface area contributed by atoms with Gasteiger partial charge in [-0.25, -0.2) is 0 Å². The summed E-state index contributed by atoms with van der Waals surface area (Å²) in [5, 5.41) is 4.22. The first-order valence-electron chi connectivity index (χ1n) is 8.96. The summed E-state index contributed by atoms with van der Waals surface area (Å²) in [5.41, 5.74) is 1.97. The van der Waals surface area contributed by atoms with Crippen LogP contribution in [0, 0.1) is 0 Å². The van der Waals surface area contributed by atoms with Gasteiger partial charge < -0.3 is 9.64 Å². The molecule has 2 aromatic rings. The van der Waals surface area contributed by atoms with Crippen molar-refractivity contribution >= 4 is 5.91 Å². The van der Waals surface area contributed by atoms with Gasteiger partial charge in [0, 0.05) is 38.9 Å². The van der Waals surface area contributed by atoms with Crippen LogP contribution in [0.15, 0.2) is 42.7 Å². The minimum absolute atomic E-state index is 0.0531. The number of carbonyl (C=O) groups is 1. The van der Waals surface area contributed by atoms with E-state index in [2.05, 4.69) is 34.3 Å². The molecule has 4 rings (SSSR count). The van der Waals surface area contributed by atoms with Crippen LogP contribution in [0.1, 0.15) is 22.8 Å². The highest BCUT2D eigenvalue weighted by atomic mass is 16.5. The Hall–Kier alpha value is -2.18. The van der Waals surface area contributed by atoms with Crippen molar-refractivity contribution in [1.29, 1.82) is 0 Å². The number of ether oxygens (including phenoxy) is 1. The zero-order valence-electron chi connectivity index (χ0n) is 14.5. The Bertz CT molecular complexity index is 730. The Morgan fingerprint density at radius 2 is 2.12 bits per heavy atom. The zero-order valence-corrected chi connectivity index (χ0v) is 14.5. The molecule has 1 aromatic carbocycles. The van der Waals surface area contributed by atoms with Crippen LogP contribution in [0.4, 0.5) is 0 Å². The van der Waals surface area contributed by atoms with Crippen molar-refractivity contribution in [3.63, 3.8) is 0 Å². The van der Waals surface area contributed by atoms with E-state index in [0.717, 1.165) is 26.2 Å². The number of fused-ring (bicyclic) bond motifs is 1. The lowest BCUT2D eigenvalue weighted by atomic mass is 10.1. The van der Waals surface area contributed by atoms with Crippen molar-refractivity contribution in [3.8, 4) is 0 Å². The van der Waals surface area contributed by atoms with Gasteiger partial charge in [0.25, 0.3) is 5.91 Å². The molecule has 0 aliphatic carbocycles. The normalized spacial score (nSPS) is 23.6. The molecule has 2 saturated heterocycles. The lowest BCUT2D eigenvalue weighted by Gasteiger charge is -2.36. The predicted octanol–water partition coefficient (Wildman–Crippen LogP) is 1.63. The van der Waals surface area contributed by atoms with E-state index in [0.29, 0.717) is 18.7 Å². The largest absolute Gasteiger partial charge is 0.373 e. The van der Waals surface area contributed by atoms with Gasteiger partial charge in [-0.3, -0.25) is 14.4 Å². The lowest BCUT2D eigenvalue weighted by molar-refractivity contribution is -0.0503. The second kappa shape index (κ2) is 6.98. The van der Waals surface area contributed by atoms with E-state index in [1.807, 2.05) is 24.1 Å². The molecule has 132 valence electrons. The minimum Gasteiger partial charge on any atom is -0.373 e. The summed E-state index contributed by atoms with van der Waals surface area (Å²) in [5.74, 6) is 0.0531. The van der Waals surface area contributed by atoms with E-state index in [1.165, 1.54) is 5.56 Å². The number of hydrogen-bond donors (Lipinski definition) is 0. The maximum atomic E-state index is 12.8. The number of benzene rings is 1. The van der Waals surface area contributed by atoms with Crippen LogP contribution >= 0.6 is 0 Å². The molecule has 0 bridgehead atoms. The second-order valence-corrected chi connectivity index (χ2v) is 6.73. The van der Waals surface area contributed by atoms with E-state index in [-0.39, 0.29) is 18.1 Å². The molecular formula is C19H24N4O2. The van der Waals surface area contributed by atoms with Gasteiger partial charge in [-0.15, -0.1) is 0 Å². The zero-order chi connectivity index (χ0) is 17.2. The highest BCUT2D eigenvalue weighted by Crippen LogP contribution is 2.25. The van der Waals surface area contributed by atoms with Crippen LogP contribution in [0.25, 0.3) is 0 Å². The van der Waals surface area contributed by atoms with Crippen LogP contribution in [0.2, 0.25) is 0 Å². The van der Waals surface area contributed by atoms with Crippen LogP contribution in [-0.2, 0) is 17.8 Å². The fourth-order valence-electron chi connectivity index (χ4n) is 3.77. The van der Waals surface area contributed by atoms with Gasteiger partial charge in [-0.05, 0) is 12.5 Å². The van der Waals surface area contributed by atoms with Crippen LogP contribution in [-0.4, -0.2) is 63.9 Å². The van der Waals surface area contributed by atoms with Crippen molar-refractivity contribution in [2.75, 3.05) is 26.2 Å². The Kier molecular flexibility index (Phi) is 4.55. The van der Waals surface area contributed by atoms with E-state index >= 15 is 0 Å². The molecule has 6 heteroatoms. The SMILES string of the molecule is CCn1cc(C(=O)N2CC3OCCN(Cc4ccccc4)C3C2)cn1. The molecule has 0 N–H and O–H groups in total. The Labute approximate surface area is 148 Å². The van der Waals surface area contributed by atoms with Crippen molar-refractivity contribution in [2.24, 2.45) is 0 Å². The van der Waals surface area contributed by atoms with Crippen LogP contribution in [0.5, 0.6) is 0 Å². The summed E-state index contributed by atoms with van der Waals surface area (Å²) < 4.78 is 7.74. The minimum atomic E-state index is 0.0531. The summed E-state index contributed by atoms with van der Waals surface area (Å²) in [6.07, 6.45) is 3.59. The van der Waals surface area contributed by atoms with Crippen LogP contribution in [0.3, 0.4) is 0 Å². The number of carbonyl (C=O) groups excluding carboxylic acids is 1. The molecule has 2 atom stereocenters. The van der Waals surface area contributed by atoms with E-state index in [1.54, 1.807) is 10.9 Å². The first-order valence-corrected chi connectivity index (χ1v) is 8.96. The molecule has 6 nitrogen and oxygen atoms in total. The molecule has 1 amide bonds. The summed E-state index contributed by atoms with van der Waals surface area (Å²) in [4.78, 5) is 17.1. The number of likely N-dealkylation sites (tertiary alicyclic amines) is 1. The monoisotopic (exact) mass is 340 g/mol. The molecule has 25 heavy (non-hydrogen) atoms. The number of aryl methyl sites for hydroxylation is 1. The molecule has 2 unspecified atom stereocenters. The number of amides is 1. The maximum Gasteiger partial charge on any atom is 0.257 e. The average molecular weight is 340 g/mol. The molecule has 0 radical (unpaired) electrons. The van der Waals surface area contributed by atoms with Gasteiger partial charge in [-0.1, -0.05) is 30.3 Å². The van der Waals surface area contributed by atoms with Gasteiger partial charge in [0.2, 0.25) is 0 Å².